The average Bonchev–Trinajstić information content (AvgIpc) is 3.17. The lowest BCUT2D eigenvalue weighted by Gasteiger charge is -2.37. The topological polar surface area (TPSA) is 55.5 Å². The molecule has 32 heavy (non-hydrogen) atoms. The zero-order valence-electron chi connectivity index (χ0n) is 18.8. The number of furan rings is 1. The summed E-state index contributed by atoms with van der Waals surface area (Å²) in [5, 5.41) is 13.6. The third kappa shape index (κ3) is 3.48. The Balaban J connectivity index is 1.57. The number of aliphatic hydroxyl groups is 1. The van der Waals surface area contributed by atoms with Crippen LogP contribution in [-0.4, -0.2) is 28.8 Å². The van der Waals surface area contributed by atoms with Gasteiger partial charge in [0.2, 0.25) is 0 Å². The molecule has 3 aromatic carbocycles. The maximum absolute atomic E-state index is 10.3. The molecule has 0 fully saturated rings. The van der Waals surface area contributed by atoms with Crippen molar-refractivity contribution in [3.8, 4) is 11.3 Å². The summed E-state index contributed by atoms with van der Waals surface area (Å²) in [6.07, 6.45) is 0. The Bertz CT molecular complexity index is 1430. The molecule has 0 aliphatic carbocycles. The lowest BCUT2D eigenvalue weighted by molar-refractivity contribution is -0.0893. The van der Waals surface area contributed by atoms with Crippen LogP contribution in [0.25, 0.3) is 44.1 Å². The van der Waals surface area contributed by atoms with Gasteiger partial charge in [-0.15, -0.1) is 0 Å². The highest BCUT2D eigenvalue weighted by Gasteiger charge is 2.35. The summed E-state index contributed by atoms with van der Waals surface area (Å²) in [4.78, 5) is 4.96. The Morgan fingerprint density at radius 1 is 0.844 bits per heavy atom. The minimum absolute atomic E-state index is 0.419. The Hall–Kier alpha value is -3.15. The van der Waals surface area contributed by atoms with Crippen molar-refractivity contribution in [1.82, 2.24) is 4.98 Å². The fourth-order valence-electron chi connectivity index (χ4n) is 3.83. The molecule has 0 amide bonds. The number of aromatic nitrogens is 1. The molecule has 0 unspecified atom stereocenters. The highest BCUT2D eigenvalue weighted by atomic mass is 16.5. The van der Waals surface area contributed by atoms with Crippen molar-refractivity contribution in [3.63, 3.8) is 0 Å². The van der Waals surface area contributed by atoms with Crippen LogP contribution in [0.15, 0.2) is 77.2 Å². The first-order valence-corrected chi connectivity index (χ1v) is 10.9. The smallest absolute Gasteiger partial charge is 0.309 e. The molecule has 1 N–H and O–H groups in total. The number of fused-ring (bicyclic) bond motifs is 5. The van der Waals surface area contributed by atoms with Gasteiger partial charge in [-0.2, -0.15) is 0 Å². The Morgan fingerprint density at radius 2 is 1.50 bits per heavy atom. The summed E-state index contributed by atoms with van der Waals surface area (Å²) >= 11 is 0. The van der Waals surface area contributed by atoms with Crippen LogP contribution in [0.2, 0.25) is 0 Å². The predicted octanol–water partition coefficient (Wildman–Crippen LogP) is 5.34. The lowest BCUT2D eigenvalue weighted by Crippen LogP contribution is -2.49. The number of benzene rings is 3. The van der Waals surface area contributed by atoms with E-state index in [-0.39, 0.29) is 0 Å². The molecule has 4 nitrogen and oxygen atoms in total. The number of hydrogen-bond acceptors (Lipinski definition) is 4. The molecular weight excluding hydrogens is 397 g/mol. The Morgan fingerprint density at radius 3 is 2.22 bits per heavy atom. The number of nitrogens with zero attached hydrogens (tertiary/aromatic N) is 1. The lowest BCUT2D eigenvalue weighted by atomic mass is 9.82. The fourth-order valence-corrected chi connectivity index (χ4v) is 3.83. The Kier molecular flexibility index (Phi) is 4.84. The zero-order chi connectivity index (χ0) is 22.5. The zero-order valence-corrected chi connectivity index (χ0v) is 18.8. The molecule has 160 valence electrons. The molecule has 2 heterocycles. The molecule has 0 saturated carbocycles. The highest BCUT2D eigenvalue weighted by Crippen LogP contribution is 2.38. The van der Waals surface area contributed by atoms with Gasteiger partial charge in [0.15, 0.2) is 5.58 Å². The standard InChI is InChI=1S/C27H26BNO3/c1-26(2,30)27(3,4)32-28-18-15-13-17(14-16-18)24-25-23(19-9-5-7-11-21(19)29-24)20-10-6-8-12-22(20)31-25/h5-16,28,30H,1-4H3. The largest absolute Gasteiger partial charge is 0.454 e. The summed E-state index contributed by atoms with van der Waals surface area (Å²) < 4.78 is 12.3. The fraction of sp³-hybridized carbons (Fsp3) is 0.222. The second-order valence-corrected chi connectivity index (χ2v) is 9.33. The van der Waals surface area contributed by atoms with E-state index < -0.39 is 11.2 Å². The van der Waals surface area contributed by atoms with E-state index in [1.165, 1.54) is 0 Å². The number of pyridine rings is 1. The van der Waals surface area contributed by atoms with Crippen molar-refractivity contribution >= 4 is 45.8 Å². The van der Waals surface area contributed by atoms with E-state index in [1.54, 1.807) is 13.8 Å². The van der Waals surface area contributed by atoms with E-state index in [0.29, 0.717) is 7.48 Å². The van der Waals surface area contributed by atoms with Crippen LogP contribution < -0.4 is 5.46 Å². The number of para-hydroxylation sites is 2. The summed E-state index contributed by atoms with van der Waals surface area (Å²) in [5.74, 6) is 0. The Labute approximate surface area is 188 Å². The summed E-state index contributed by atoms with van der Waals surface area (Å²) in [6, 6.07) is 24.5. The van der Waals surface area contributed by atoms with Gasteiger partial charge in [-0.05, 0) is 39.8 Å². The van der Waals surface area contributed by atoms with E-state index in [1.807, 2.05) is 62.4 Å². The summed E-state index contributed by atoms with van der Waals surface area (Å²) in [7, 11) is 0.419. The molecule has 0 spiro atoms. The second kappa shape index (κ2) is 7.47. The van der Waals surface area contributed by atoms with Crippen molar-refractivity contribution in [1.29, 1.82) is 0 Å². The molecule has 5 aromatic rings. The maximum atomic E-state index is 10.3. The third-order valence-electron chi connectivity index (χ3n) is 6.52. The van der Waals surface area contributed by atoms with Gasteiger partial charge in [-0.1, -0.05) is 66.1 Å². The van der Waals surface area contributed by atoms with E-state index in [0.717, 1.165) is 49.6 Å². The first-order valence-electron chi connectivity index (χ1n) is 10.9. The molecule has 0 bridgehead atoms. The molecule has 5 rings (SSSR count). The monoisotopic (exact) mass is 423 g/mol. The summed E-state index contributed by atoms with van der Waals surface area (Å²) in [6.45, 7) is 7.33. The first-order chi connectivity index (χ1) is 15.2. The molecule has 5 heteroatoms. The van der Waals surface area contributed by atoms with Gasteiger partial charge < -0.3 is 14.2 Å². The van der Waals surface area contributed by atoms with Crippen LogP contribution in [0.4, 0.5) is 0 Å². The first kappa shape index (κ1) is 20.7. The van der Waals surface area contributed by atoms with Crippen molar-refractivity contribution in [2.24, 2.45) is 0 Å². The molecule has 0 saturated heterocycles. The SMILES string of the molecule is CC(C)(O)C(C)(C)OBc1ccc(-c2nc3ccccc3c3c2oc2ccccc23)cc1. The molecular formula is C27H26BNO3. The molecule has 0 atom stereocenters. The third-order valence-corrected chi connectivity index (χ3v) is 6.52. The van der Waals surface area contributed by atoms with Gasteiger partial charge in [0.1, 0.15) is 11.3 Å². The van der Waals surface area contributed by atoms with Crippen molar-refractivity contribution in [2.45, 2.75) is 38.9 Å². The van der Waals surface area contributed by atoms with Gasteiger partial charge >= 0.3 is 7.48 Å². The van der Waals surface area contributed by atoms with Gasteiger partial charge in [0, 0.05) is 21.7 Å². The predicted molar refractivity (Wildman–Crippen MR) is 133 cm³/mol. The normalized spacial score (nSPS) is 12.7. The minimum Gasteiger partial charge on any atom is -0.454 e. The van der Waals surface area contributed by atoms with E-state index >= 15 is 0 Å². The second-order valence-electron chi connectivity index (χ2n) is 9.33. The van der Waals surface area contributed by atoms with Crippen LogP contribution in [0.1, 0.15) is 27.7 Å². The quantitative estimate of drug-likeness (QED) is 0.388. The van der Waals surface area contributed by atoms with Crippen LogP contribution in [0, 0.1) is 0 Å². The molecule has 0 aliphatic rings. The number of rotatable bonds is 5. The van der Waals surface area contributed by atoms with Crippen molar-refractivity contribution < 1.29 is 14.2 Å². The van der Waals surface area contributed by atoms with Crippen molar-refractivity contribution in [3.05, 3.63) is 72.8 Å². The average molecular weight is 423 g/mol. The van der Waals surface area contributed by atoms with Gasteiger partial charge in [-0.3, -0.25) is 0 Å². The summed E-state index contributed by atoms with van der Waals surface area (Å²) in [5.41, 5.74) is 3.87. The van der Waals surface area contributed by atoms with Crippen molar-refractivity contribution in [2.75, 3.05) is 0 Å². The number of hydrogen-bond donors (Lipinski definition) is 1. The molecule has 2 aromatic heterocycles. The van der Waals surface area contributed by atoms with Crippen LogP contribution in [0.3, 0.4) is 0 Å². The molecule has 0 aliphatic heterocycles. The van der Waals surface area contributed by atoms with Gasteiger partial charge in [0.05, 0.1) is 16.7 Å². The van der Waals surface area contributed by atoms with Crippen LogP contribution in [-0.2, 0) is 4.65 Å². The maximum Gasteiger partial charge on any atom is 0.309 e. The molecule has 0 radical (unpaired) electrons. The van der Waals surface area contributed by atoms with E-state index in [9.17, 15) is 5.11 Å². The van der Waals surface area contributed by atoms with Gasteiger partial charge in [0.25, 0.3) is 0 Å². The minimum atomic E-state index is -0.936. The van der Waals surface area contributed by atoms with E-state index in [2.05, 4.69) is 24.3 Å². The van der Waals surface area contributed by atoms with Crippen LogP contribution >= 0.6 is 0 Å². The van der Waals surface area contributed by atoms with Crippen LogP contribution in [0.5, 0.6) is 0 Å². The highest BCUT2D eigenvalue weighted by molar-refractivity contribution is 6.47. The van der Waals surface area contributed by atoms with Gasteiger partial charge in [-0.25, -0.2) is 4.98 Å². The van der Waals surface area contributed by atoms with E-state index in [4.69, 9.17) is 14.1 Å².